The van der Waals surface area contributed by atoms with Crippen molar-refractivity contribution in [2.75, 3.05) is 13.7 Å². The van der Waals surface area contributed by atoms with Gasteiger partial charge in [0.05, 0.1) is 0 Å². The summed E-state index contributed by atoms with van der Waals surface area (Å²) < 4.78 is 25.7. The van der Waals surface area contributed by atoms with E-state index in [1.807, 2.05) is 0 Å². The summed E-state index contributed by atoms with van der Waals surface area (Å²) in [6.07, 6.45) is -2.57. The van der Waals surface area contributed by atoms with Gasteiger partial charge in [-0.3, -0.25) is 14.4 Å². The molecule has 1 aliphatic rings. The lowest BCUT2D eigenvalue weighted by Crippen LogP contribution is -2.42. The van der Waals surface area contributed by atoms with Crippen LogP contribution in [0.4, 0.5) is 0 Å². The van der Waals surface area contributed by atoms with E-state index in [-0.39, 0.29) is 6.61 Å². The molecular formula is C13H20O8. The summed E-state index contributed by atoms with van der Waals surface area (Å²) in [7, 11) is 1.45. The van der Waals surface area contributed by atoms with Crippen LogP contribution in [0.2, 0.25) is 0 Å². The fourth-order valence-corrected chi connectivity index (χ4v) is 2.06. The largest absolute Gasteiger partial charge is 0.462 e. The molecule has 0 aromatic carbocycles. The van der Waals surface area contributed by atoms with Crippen molar-refractivity contribution in [3.63, 3.8) is 0 Å². The topological polar surface area (TPSA) is 97.4 Å². The molecule has 1 aliphatic heterocycles. The van der Waals surface area contributed by atoms with Gasteiger partial charge < -0.3 is 23.7 Å². The van der Waals surface area contributed by atoms with E-state index in [1.165, 1.54) is 27.9 Å². The minimum atomic E-state index is -0.879. The van der Waals surface area contributed by atoms with Crippen LogP contribution in [0.5, 0.6) is 0 Å². The van der Waals surface area contributed by atoms with Crippen LogP contribution < -0.4 is 0 Å². The molecule has 0 aromatic rings. The Labute approximate surface area is 122 Å². The molecule has 21 heavy (non-hydrogen) atoms. The third-order valence-electron chi connectivity index (χ3n) is 2.81. The van der Waals surface area contributed by atoms with E-state index >= 15 is 0 Å². The van der Waals surface area contributed by atoms with Crippen molar-refractivity contribution >= 4 is 17.9 Å². The lowest BCUT2D eigenvalue weighted by molar-refractivity contribution is -0.186. The van der Waals surface area contributed by atoms with Gasteiger partial charge in [0.15, 0.2) is 12.4 Å². The normalized spacial score (nSPS) is 26.0. The maximum Gasteiger partial charge on any atom is 0.303 e. The Kier molecular flexibility index (Phi) is 6.57. The van der Waals surface area contributed by atoms with Gasteiger partial charge in [0.2, 0.25) is 0 Å². The van der Waals surface area contributed by atoms with Crippen LogP contribution in [0.3, 0.4) is 0 Å². The highest BCUT2D eigenvalue weighted by atomic mass is 16.7. The number of hydrogen-bond acceptors (Lipinski definition) is 8. The van der Waals surface area contributed by atoms with Crippen molar-refractivity contribution in [1.82, 2.24) is 0 Å². The molecular weight excluding hydrogens is 284 g/mol. The molecule has 0 aliphatic carbocycles. The summed E-state index contributed by atoms with van der Waals surface area (Å²) >= 11 is 0. The molecule has 0 radical (unpaired) electrons. The standard InChI is InChI=1S/C13H20O8/c1-7(14)18-6-11(20-9(3)16)13-10(19-8(2)15)5-12(17-4)21-13/h10-13H,5-6H2,1-4H3/t10-,11+,12+,13-/m1/s1. The predicted molar refractivity (Wildman–Crippen MR) is 68.0 cm³/mol. The van der Waals surface area contributed by atoms with Crippen molar-refractivity contribution < 1.29 is 38.1 Å². The van der Waals surface area contributed by atoms with Gasteiger partial charge in [0, 0.05) is 34.3 Å². The first-order valence-electron chi connectivity index (χ1n) is 6.49. The first kappa shape index (κ1) is 17.4. The number of hydrogen-bond donors (Lipinski definition) is 0. The zero-order valence-corrected chi connectivity index (χ0v) is 12.5. The van der Waals surface area contributed by atoms with Crippen LogP contribution in [0, 0.1) is 0 Å². The second kappa shape index (κ2) is 7.94. The fraction of sp³-hybridized carbons (Fsp3) is 0.769. The van der Waals surface area contributed by atoms with Gasteiger partial charge in [-0.1, -0.05) is 0 Å². The third-order valence-corrected chi connectivity index (χ3v) is 2.81. The average molecular weight is 304 g/mol. The zero-order valence-electron chi connectivity index (χ0n) is 12.5. The smallest absolute Gasteiger partial charge is 0.303 e. The zero-order chi connectivity index (χ0) is 16.0. The molecule has 1 heterocycles. The van der Waals surface area contributed by atoms with E-state index < -0.39 is 42.5 Å². The molecule has 0 saturated carbocycles. The highest BCUT2D eigenvalue weighted by Crippen LogP contribution is 2.28. The van der Waals surface area contributed by atoms with Crippen molar-refractivity contribution in [3.8, 4) is 0 Å². The molecule has 1 fully saturated rings. The van der Waals surface area contributed by atoms with Gasteiger partial charge in [0.25, 0.3) is 0 Å². The number of rotatable bonds is 6. The van der Waals surface area contributed by atoms with Gasteiger partial charge in [-0.2, -0.15) is 0 Å². The summed E-state index contributed by atoms with van der Waals surface area (Å²) in [5.74, 6) is -1.56. The number of methoxy groups -OCH3 is 1. The van der Waals surface area contributed by atoms with Crippen LogP contribution in [0.15, 0.2) is 0 Å². The summed E-state index contributed by atoms with van der Waals surface area (Å²) in [5, 5.41) is 0. The minimum absolute atomic E-state index is 0.187. The maximum absolute atomic E-state index is 11.2. The van der Waals surface area contributed by atoms with Crippen LogP contribution in [0.25, 0.3) is 0 Å². The van der Waals surface area contributed by atoms with Crippen molar-refractivity contribution in [2.24, 2.45) is 0 Å². The summed E-state index contributed by atoms with van der Waals surface area (Å²) in [5.41, 5.74) is 0. The second-order valence-electron chi connectivity index (χ2n) is 4.60. The number of carbonyl (C=O) groups is 3. The minimum Gasteiger partial charge on any atom is -0.462 e. The second-order valence-corrected chi connectivity index (χ2v) is 4.60. The lowest BCUT2D eigenvalue weighted by atomic mass is 10.1. The Morgan fingerprint density at radius 2 is 1.81 bits per heavy atom. The number of carbonyl (C=O) groups excluding carboxylic acids is 3. The highest BCUT2D eigenvalue weighted by molar-refractivity contribution is 5.67. The summed E-state index contributed by atoms with van der Waals surface area (Å²) in [6, 6.07) is 0. The molecule has 8 nitrogen and oxygen atoms in total. The van der Waals surface area contributed by atoms with E-state index in [0.29, 0.717) is 6.42 Å². The number of ether oxygens (including phenoxy) is 5. The van der Waals surface area contributed by atoms with Gasteiger partial charge in [0.1, 0.15) is 18.8 Å². The molecule has 0 unspecified atom stereocenters. The Bertz CT molecular complexity index is 394. The molecule has 0 bridgehead atoms. The van der Waals surface area contributed by atoms with E-state index in [9.17, 15) is 14.4 Å². The average Bonchev–Trinajstić information content (AvgIpc) is 2.76. The van der Waals surface area contributed by atoms with Crippen LogP contribution >= 0.6 is 0 Å². The van der Waals surface area contributed by atoms with Crippen LogP contribution in [-0.2, 0) is 38.1 Å². The Morgan fingerprint density at radius 1 is 1.14 bits per heavy atom. The van der Waals surface area contributed by atoms with E-state index in [4.69, 9.17) is 23.7 Å². The molecule has 0 amide bonds. The molecule has 4 atom stereocenters. The highest BCUT2D eigenvalue weighted by Gasteiger charge is 2.44. The van der Waals surface area contributed by atoms with Gasteiger partial charge >= 0.3 is 17.9 Å². The van der Waals surface area contributed by atoms with E-state index in [2.05, 4.69) is 0 Å². The predicted octanol–water partition coefficient (Wildman–Crippen LogP) is 0.174. The van der Waals surface area contributed by atoms with Crippen molar-refractivity contribution in [3.05, 3.63) is 0 Å². The van der Waals surface area contributed by atoms with Crippen LogP contribution in [0.1, 0.15) is 27.2 Å². The third kappa shape index (κ3) is 5.68. The first-order valence-corrected chi connectivity index (χ1v) is 6.49. The molecule has 0 spiro atoms. The summed E-state index contributed by atoms with van der Waals surface area (Å²) in [4.78, 5) is 33.2. The molecule has 1 saturated heterocycles. The molecule has 0 N–H and O–H groups in total. The molecule has 120 valence electrons. The van der Waals surface area contributed by atoms with Gasteiger partial charge in [-0.15, -0.1) is 0 Å². The Balaban J connectivity index is 2.81. The van der Waals surface area contributed by atoms with Gasteiger partial charge in [-0.05, 0) is 0 Å². The Hall–Kier alpha value is -1.67. The van der Waals surface area contributed by atoms with Crippen molar-refractivity contribution in [1.29, 1.82) is 0 Å². The van der Waals surface area contributed by atoms with Crippen LogP contribution in [-0.4, -0.2) is 56.2 Å². The van der Waals surface area contributed by atoms with E-state index in [1.54, 1.807) is 0 Å². The molecule has 8 heteroatoms. The maximum atomic E-state index is 11.2. The SMILES string of the molecule is CO[C@@H]1C[C@@H](OC(C)=O)[C@H]([C@H](COC(C)=O)OC(C)=O)O1. The fourth-order valence-electron chi connectivity index (χ4n) is 2.06. The first-order chi connectivity index (χ1) is 9.83. The molecule has 1 rings (SSSR count). The van der Waals surface area contributed by atoms with Crippen molar-refractivity contribution in [2.45, 2.75) is 51.8 Å². The van der Waals surface area contributed by atoms with E-state index in [0.717, 1.165) is 0 Å². The quantitative estimate of drug-likeness (QED) is 0.506. The summed E-state index contributed by atoms with van der Waals surface area (Å²) in [6.45, 7) is 3.55. The Morgan fingerprint density at radius 3 is 2.29 bits per heavy atom. The van der Waals surface area contributed by atoms with Gasteiger partial charge in [-0.25, -0.2) is 0 Å². The lowest BCUT2D eigenvalue weighted by Gasteiger charge is -2.26. The molecule has 0 aromatic heterocycles. The monoisotopic (exact) mass is 304 g/mol. The number of esters is 3.